The Balaban J connectivity index is 2.80. The topological polar surface area (TPSA) is 30.2 Å². The molecule has 0 aliphatic rings. The van der Waals surface area contributed by atoms with Crippen LogP contribution in [0.2, 0.25) is 0 Å². The van der Waals surface area contributed by atoms with Gasteiger partial charge in [-0.25, -0.2) is 0 Å². The number of halogens is 3. The Morgan fingerprint density at radius 2 is 2.00 bits per heavy atom. The maximum atomic E-state index is 12.5. The largest absolute Gasteiger partial charge is 0.431 e. The maximum Gasteiger partial charge on any atom is 0.431 e. The normalized spacial score (nSPS) is 12.3. The number of fused-ring (bicyclic) bond motifs is 1. The van der Waals surface area contributed by atoms with Crippen LogP contribution in [-0.2, 0) is 6.18 Å². The van der Waals surface area contributed by atoms with E-state index < -0.39 is 11.9 Å². The van der Waals surface area contributed by atoms with Gasteiger partial charge in [-0.3, -0.25) is 4.40 Å². The molecular formula is C8H6F3N3. The number of pyridine rings is 1. The number of alkyl halides is 3. The molecule has 0 saturated carbocycles. The molecule has 6 heteroatoms. The molecule has 0 saturated heterocycles. The van der Waals surface area contributed by atoms with Crippen molar-refractivity contribution in [2.45, 2.75) is 13.1 Å². The number of nitrogens with zero attached hydrogens (tertiary/aromatic N) is 3. The number of hydrogen-bond donors (Lipinski definition) is 0. The van der Waals surface area contributed by atoms with Crippen molar-refractivity contribution in [2.24, 2.45) is 0 Å². The van der Waals surface area contributed by atoms with Crippen molar-refractivity contribution in [3.8, 4) is 0 Å². The standard InChI is InChI=1S/C8H6F3N3/c1-5-2-3-6(8(9,10)11)14-4-12-13-7(5)14/h2-4H,1H3. The second-order valence-corrected chi connectivity index (χ2v) is 2.92. The minimum Gasteiger partial charge on any atom is -0.277 e. The van der Waals surface area contributed by atoms with Gasteiger partial charge in [0.2, 0.25) is 0 Å². The van der Waals surface area contributed by atoms with Crippen LogP contribution in [0.25, 0.3) is 5.65 Å². The number of hydrogen-bond acceptors (Lipinski definition) is 2. The summed E-state index contributed by atoms with van der Waals surface area (Å²) in [5, 5.41) is 7.05. The molecule has 0 aromatic carbocycles. The van der Waals surface area contributed by atoms with Crippen LogP contribution in [0.3, 0.4) is 0 Å². The van der Waals surface area contributed by atoms with E-state index in [4.69, 9.17) is 0 Å². The maximum absolute atomic E-state index is 12.5. The third-order valence-electron chi connectivity index (χ3n) is 1.94. The molecule has 2 aromatic heterocycles. The van der Waals surface area contributed by atoms with Gasteiger partial charge in [0.25, 0.3) is 0 Å². The quantitative estimate of drug-likeness (QED) is 0.653. The molecule has 0 atom stereocenters. The second-order valence-electron chi connectivity index (χ2n) is 2.92. The average Bonchev–Trinajstić information content (AvgIpc) is 2.50. The predicted molar refractivity (Wildman–Crippen MR) is 42.7 cm³/mol. The van der Waals surface area contributed by atoms with Gasteiger partial charge >= 0.3 is 6.18 Å². The molecular weight excluding hydrogens is 195 g/mol. The Hall–Kier alpha value is -1.59. The molecule has 2 aromatic rings. The second kappa shape index (κ2) is 2.70. The van der Waals surface area contributed by atoms with Gasteiger partial charge in [0, 0.05) is 0 Å². The van der Waals surface area contributed by atoms with E-state index in [0.29, 0.717) is 5.56 Å². The lowest BCUT2D eigenvalue weighted by Crippen LogP contribution is -2.11. The van der Waals surface area contributed by atoms with Gasteiger partial charge in [-0.15, -0.1) is 10.2 Å². The fourth-order valence-corrected chi connectivity index (χ4v) is 1.27. The van der Waals surface area contributed by atoms with E-state index in [1.807, 2.05) is 0 Å². The Labute approximate surface area is 77.2 Å². The van der Waals surface area contributed by atoms with Crippen molar-refractivity contribution < 1.29 is 13.2 Å². The monoisotopic (exact) mass is 201 g/mol. The van der Waals surface area contributed by atoms with E-state index >= 15 is 0 Å². The molecule has 2 heterocycles. The smallest absolute Gasteiger partial charge is 0.277 e. The number of rotatable bonds is 0. The van der Waals surface area contributed by atoms with E-state index in [0.717, 1.165) is 16.8 Å². The van der Waals surface area contributed by atoms with Gasteiger partial charge in [-0.2, -0.15) is 13.2 Å². The average molecular weight is 201 g/mol. The summed E-state index contributed by atoms with van der Waals surface area (Å²) in [5.74, 6) is 0. The summed E-state index contributed by atoms with van der Waals surface area (Å²) >= 11 is 0. The predicted octanol–water partition coefficient (Wildman–Crippen LogP) is 2.06. The molecule has 0 spiro atoms. The van der Waals surface area contributed by atoms with Crippen LogP contribution in [0.1, 0.15) is 11.3 Å². The molecule has 74 valence electrons. The van der Waals surface area contributed by atoms with Crippen LogP contribution < -0.4 is 0 Å². The van der Waals surface area contributed by atoms with Crippen molar-refractivity contribution in [1.82, 2.24) is 14.6 Å². The first-order valence-corrected chi connectivity index (χ1v) is 3.86. The van der Waals surface area contributed by atoms with E-state index in [2.05, 4.69) is 10.2 Å². The van der Waals surface area contributed by atoms with E-state index in [1.165, 1.54) is 6.07 Å². The lowest BCUT2D eigenvalue weighted by Gasteiger charge is -2.09. The molecule has 0 unspecified atom stereocenters. The summed E-state index contributed by atoms with van der Waals surface area (Å²) in [6.45, 7) is 1.68. The van der Waals surface area contributed by atoms with Gasteiger partial charge in [0.1, 0.15) is 12.0 Å². The molecule has 0 amide bonds. The molecule has 0 aliphatic carbocycles. The third-order valence-corrected chi connectivity index (χ3v) is 1.94. The SMILES string of the molecule is Cc1ccc(C(F)(F)F)n2cnnc12. The summed E-state index contributed by atoms with van der Waals surface area (Å²) in [5.41, 5.74) is 0.137. The van der Waals surface area contributed by atoms with Gasteiger partial charge in [-0.05, 0) is 18.6 Å². The van der Waals surface area contributed by atoms with E-state index in [-0.39, 0.29) is 5.65 Å². The Bertz CT molecular complexity index is 472. The van der Waals surface area contributed by atoms with Gasteiger partial charge in [-0.1, -0.05) is 6.07 Å². The van der Waals surface area contributed by atoms with Crippen LogP contribution in [0, 0.1) is 6.92 Å². The highest BCUT2D eigenvalue weighted by Gasteiger charge is 2.33. The zero-order valence-corrected chi connectivity index (χ0v) is 7.21. The lowest BCUT2D eigenvalue weighted by atomic mass is 10.2. The fourth-order valence-electron chi connectivity index (χ4n) is 1.27. The van der Waals surface area contributed by atoms with Crippen LogP contribution in [0.5, 0.6) is 0 Å². The number of aryl methyl sites for hydroxylation is 1. The van der Waals surface area contributed by atoms with Crippen LogP contribution in [0.4, 0.5) is 13.2 Å². The van der Waals surface area contributed by atoms with Crippen molar-refractivity contribution in [2.75, 3.05) is 0 Å². The molecule has 0 aliphatic heterocycles. The molecule has 3 nitrogen and oxygen atoms in total. The zero-order valence-electron chi connectivity index (χ0n) is 7.21. The van der Waals surface area contributed by atoms with E-state index in [9.17, 15) is 13.2 Å². The van der Waals surface area contributed by atoms with Crippen LogP contribution in [-0.4, -0.2) is 14.6 Å². The summed E-state index contributed by atoms with van der Waals surface area (Å²) in [4.78, 5) is 0. The molecule has 0 radical (unpaired) electrons. The van der Waals surface area contributed by atoms with Crippen molar-refractivity contribution in [3.05, 3.63) is 29.7 Å². The molecule has 2 rings (SSSR count). The molecule has 0 bridgehead atoms. The zero-order chi connectivity index (χ0) is 10.3. The molecule has 0 N–H and O–H groups in total. The Kier molecular flexibility index (Phi) is 1.73. The Morgan fingerprint density at radius 1 is 1.29 bits per heavy atom. The van der Waals surface area contributed by atoms with Gasteiger partial charge in [0.05, 0.1) is 0 Å². The minimum atomic E-state index is -4.38. The molecule has 0 fully saturated rings. The Morgan fingerprint density at radius 3 is 2.64 bits per heavy atom. The van der Waals surface area contributed by atoms with Gasteiger partial charge < -0.3 is 0 Å². The summed E-state index contributed by atoms with van der Waals surface area (Å²) in [6.07, 6.45) is -3.32. The minimum absolute atomic E-state index is 0.236. The summed E-state index contributed by atoms with van der Waals surface area (Å²) in [6, 6.07) is 2.40. The highest BCUT2D eigenvalue weighted by atomic mass is 19.4. The van der Waals surface area contributed by atoms with Gasteiger partial charge in [0.15, 0.2) is 5.65 Å². The van der Waals surface area contributed by atoms with Crippen molar-refractivity contribution >= 4 is 5.65 Å². The highest BCUT2D eigenvalue weighted by molar-refractivity contribution is 5.47. The first-order valence-electron chi connectivity index (χ1n) is 3.86. The van der Waals surface area contributed by atoms with Crippen molar-refractivity contribution in [1.29, 1.82) is 0 Å². The third kappa shape index (κ3) is 1.23. The first-order chi connectivity index (χ1) is 6.50. The van der Waals surface area contributed by atoms with Crippen molar-refractivity contribution in [3.63, 3.8) is 0 Å². The highest BCUT2D eigenvalue weighted by Crippen LogP contribution is 2.29. The lowest BCUT2D eigenvalue weighted by molar-refractivity contribution is -0.142. The van der Waals surface area contributed by atoms with Crippen LogP contribution >= 0.6 is 0 Å². The first kappa shape index (κ1) is 8.98. The summed E-state index contributed by atoms with van der Waals surface area (Å²) < 4.78 is 38.3. The van der Waals surface area contributed by atoms with E-state index in [1.54, 1.807) is 6.92 Å². The fraction of sp³-hybridized carbons (Fsp3) is 0.250. The van der Waals surface area contributed by atoms with Crippen LogP contribution in [0.15, 0.2) is 18.5 Å². The number of aromatic nitrogens is 3. The summed E-state index contributed by atoms with van der Waals surface area (Å²) in [7, 11) is 0. The molecule has 14 heavy (non-hydrogen) atoms.